The van der Waals surface area contributed by atoms with Crippen LogP contribution in [-0.4, -0.2) is 45.6 Å². The number of hydrogen-bond donors (Lipinski definition) is 2. The molecule has 0 unspecified atom stereocenters. The van der Waals surface area contributed by atoms with Crippen molar-refractivity contribution < 1.29 is 21.9 Å². The van der Waals surface area contributed by atoms with E-state index in [9.17, 15) is 21.9 Å². The van der Waals surface area contributed by atoms with E-state index in [1.54, 1.807) is 19.1 Å². The van der Waals surface area contributed by atoms with E-state index < -0.39 is 43.5 Å². The third-order valence-electron chi connectivity index (χ3n) is 4.78. The van der Waals surface area contributed by atoms with Gasteiger partial charge in [-0.15, -0.1) is 0 Å². The van der Waals surface area contributed by atoms with Gasteiger partial charge < -0.3 is 10.8 Å². The molecule has 9 heteroatoms. The quantitative estimate of drug-likeness (QED) is 0.732. The average Bonchev–Trinajstić information content (AvgIpc) is 2.84. The van der Waals surface area contributed by atoms with Gasteiger partial charge in [0.05, 0.1) is 34.2 Å². The molecule has 3 rings (SSSR count). The first-order chi connectivity index (χ1) is 12.5. The molecular formula is C18H22N2O5S2. The molecule has 1 heterocycles. The number of anilines is 2. The third-order valence-corrected chi connectivity index (χ3v) is 8.33. The van der Waals surface area contributed by atoms with Crippen molar-refractivity contribution in [1.29, 1.82) is 0 Å². The summed E-state index contributed by atoms with van der Waals surface area (Å²) in [6.07, 6.45) is -1.31. The van der Waals surface area contributed by atoms with E-state index in [1.165, 1.54) is 30.3 Å². The van der Waals surface area contributed by atoms with Crippen LogP contribution in [0.3, 0.4) is 0 Å². The lowest BCUT2D eigenvalue weighted by molar-refractivity contribution is 0.184. The van der Waals surface area contributed by atoms with Crippen molar-refractivity contribution in [3.05, 3.63) is 53.6 Å². The highest BCUT2D eigenvalue weighted by atomic mass is 32.2. The fourth-order valence-corrected chi connectivity index (χ4v) is 6.78. The number of aliphatic hydroxyl groups excluding tert-OH is 1. The molecule has 0 radical (unpaired) electrons. The van der Waals surface area contributed by atoms with Gasteiger partial charge in [0.1, 0.15) is 0 Å². The normalized spacial score (nSPS) is 21.9. The van der Waals surface area contributed by atoms with Gasteiger partial charge in [-0.2, -0.15) is 0 Å². The number of sulfone groups is 1. The molecule has 1 aliphatic heterocycles. The zero-order valence-electron chi connectivity index (χ0n) is 15.0. The summed E-state index contributed by atoms with van der Waals surface area (Å²) < 4.78 is 51.8. The van der Waals surface area contributed by atoms with Crippen LogP contribution in [0, 0.1) is 13.8 Å². The molecule has 2 aromatic rings. The molecule has 1 fully saturated rings. The van der Waals surface area contributed by atoms with Crippen molar-refractivity contribution in [2.45, 2.75) is 30.9 Å². The van der Waals surface area contributed by atoms with Crippen molar-refractivity contribution in [3.63, 3.8) is 0 Å². The van der Waals surface area contributed by atoms with Crippen LogP contribution in [0.25, 0.3) is 0 Å². The highest BCUT2D eigenvalue weighted by Gasteiger charge is 2.45. The number of aliphatic hydroxyl groups is 1. The average molecular weight is 411 g/mol. The van der Waals surface area contributed by atoms with Gasteiger partial charge in [0.2, 0.25) is 0 Å². The fourth-order valence-electron chi connectivity index (χ4n) is 3.15. The lowest BCUT2D eigenvalue weighted by atomic mass is 10.1. The van der Waals surface area contributed by atoms with Crippen LogP contribution in [-0.2, 0) is 19.9 Å². The highest BCUT2D eigenvalue weighted by molar-refractivity contribution is 7.93. The molecule has 1 saturated heterocycles. The Morgan fingerprint density at radius 3 is 2.19 bits per heavy atom. The summed E-state index contributed by atoms with van der Waals surface area (Å²) >= 11 is 0. The smallest absolute Gasteiger partial charge is 0.264 e. The Kier molecular flexibility index (Phi) is 4.96. The molecule has 2 atom stereocenters. The second kappa shape index (κ2) is 6.81. The van der Waals surface area contributed by atoms with Gasteiger partial charge in [0.15, 0.2) is 9.84 Å². The summed E-state index contributed by atoms with van der Waals surface area (Å²) in [5, 5.41) is 10.3. The Labute approximate surface area is 159 Å². The summed E-state index contributed by atoms with van der Waals surface area (Å²) in [4.78, 5) is 0.0407. The molecule has 0 saturated carbocycles. The first-order valence-electron chi connectivity index (χ1n) is 8.37. The maximum Gasteiger partial charge on any atom is 0.264 e. The van der Waals surface area contributed by atoms with Gasteiger partial charge in [-0.1, -0.05) is 6.07 Å². The van der Waals surface area contributed by atoms with Crippen LogP contribution in [0.1, 0.15) is 11.1 Å². The Balaban J connectivity index is 2.17. The van der Waals surface area contributed by atoms with E-state index in [2.05, 4.69) is 0 Å². The second-order valence-corrected chi connectivity index (χ2v) is 10.8. The van der Waals surface area contributed by atoms with Crippen LogP contribution < -0.4 is 10.0 Å². The van der Waals surface area contributed by atoms with Gasteiger partial charge >= 0.3 is 0 Å². The summed E-state index contributed by atoms with van der Waals surface area (Å²) in [5.41, 5.74) is 8.13. The maximum absolute atomic E-state index is 13.4. The van der Waals surface area contributed by atoms with Crippen LogP contribution in [0.2, 0.25) is 0 Å². The Hall–Kier alpha value is -2.10. The minimum Gasteiger partial charge on any atom is -0.399 e. The number of benzene rings is 2. The number of nitrogens with zero attached hydrogens (tertiary/aromatic N) is 1. The topological polar surface area (TPSA) is 118 Å². The van der Waals surface area contributed by atoms with Gasteiger partial charge in [-0.25, -0.2) is 16.8 Å². The number of hydrogen-bond acceptors (Lipinski definition) is 6. The Morgan fingerprint density at radius 1 is 1.04 bits per heavy atom. The number of aryl methyl sites for hydroxylation is 2. The molecule has 3 N–H and O–H groups in total. The standard InChI is InChI=1S/C18H22N2O5S2/c1-12-3-8-16(9-13(12)2)27(24,25)20(15-6-4-14(19)5-7-15)17-10-26(22,23)11-18(17)21/h3-9,17-18,21H,10-11,19H2,1-2H3/t17-,18+/m1/s1. The zero-order valence-corrected chi connectivity index (χ0v) is 16.7. The number of nitrogens with two attached hydrogens (primary N) is 1. The zero-order chi connectivity index (χ0) is 20.0. The molecule has 7 nitrogen and oxygen atoms in total. The minimum atomic E-state index is -4.10. The highest BCUT2D eigenvalue weighted by Crippen LogP contribution is 2.32. The van der Waals surface area contributed by atoms with Crippen LogP contribution in [0.15, 0.2) is 47.4 Å². The van der Waals surface area contributed by atoms with Crippen LogP contribution in [0.5, 0.6) is 0 Å². The van der Waals surface area contributed by atoms with Crippen molar-refractivity contribution in [2.24, 2.45) is 0 Å². The first-order valence-corrected chi connectivity index (χ1v) is 11.6. The molecule has 0 spiro atoms. The number of rotatable bonds is 4. The van der Waals surface area contributed by atoms with E-state index in [0.29, 0.717) is 5.69 Å². The molecule has 146 valence electrons. The molecule has 0 amide bonds. The second-order valence-electron chi connectivity index (χ2n) is 6.85. The van der Waals surface area contributed by atoms with Gasteiger partial charge in [-0.05, 0) is 61.4 Å². The van der Waals surface area contributed by atoms with Gasteiger partial charge in [-0.3, -0.25) is 4.31 Å². The van der Waals surface area contributed by atoms with E-state index in [4.69, 9.17) is 5.73 Å². The maximum atomic E-state index is 13.4. The summed E-state index contributed by atoms with van der Waals surface area (Å²) in [6, 6.07) is 9.71. The molecule has 1 aliphatic rings. The Morgan fingerprint density at radius 2 is 1.67 bits per heavy atom. The van der Waals surface area contributed by atoms with Gasteiger partial charge in [0, 0.05) is 5.69 Å². The molecule has 0 bridgehead atoms. The van der Waals surface area contributed by atoms with Crippen molar-refractivity contribution >= 4 is 31.2 Å². The van der Waals surface area contributed by atoms with Crippen LogP contribution in [0.4, 0.5) is 11.4 Å². The van der Waals surface area contributed by atoms with E-state index in [0.717, 1.165) is 15.4 Å². The molecular weight excluding hydrogens is 388 g/mol. The lowest BCUT2D eigenvalue weighted by Gasteiger charge is -2.31. The monoisotopic (exact) mass is 410 g/mol. The molecule has 0 aliphatic carbocycles. The van der Waals surface area contributed by atoms with E-state index in [1.807, 2.05) is 6.92 Å². The minimum absolute atomic E-state index is 0.0407. The van der Waals surface area contributed by atoms with Crippen molar-refractivity contribution in [1.82, 2.24) is 0 Å². The number of nitrogen functional groups attached to an aromatic ring is 1. The predicted molar refractivity (Wildman–Crippen MR) is 105 cm³/mol. The molecule has 2 aromatic carbocycles. The molecule has 27 heavy (non-hydrogen) atoms. The third kappa shape index (κ3) is 3.80. The van der Waals surface area contributed by atoms with E-state index in [-0.39, 0.29) is 10.6 Å². The fraction of sp³-hybridized carbons (Fsp3) is 0.333. The lowest BCUT2D eigenvalue weighted by Crippen LogP contribution is -2.47. The summed E-state index contributed by atoms with van der Waals surface area (Å²) in [6.45, 7) is 3.67. The van der Waals surface area contributed by atoms with Crippen molar-refractivity contribution in [3.8, 4) is 0 Å². The summed E-state index contributed by atoms with van der Waals surface area (Å²) in [5.74, 6) is -0.909. The first kappa shape index (κ1) is 19.7. The molecule has 0 aromatic heterocycles. The SMILES string of the molecule is Cc1ccc(S(=O)(=O)N(c2ccc(N)cc2)[C@@H]2CS(=O)(=O)C[C@@H]2O)cc1C. The van der Waals surface area contributed by atoms with Crippen LogP contribution >= 0.6 is 0 Å². The number of sulfonamides is 1. The van der Waals surface area contributed by atoms with Crippen molar-refractivity contribution in [2.75, 3.05) is 21.5 Å². The predicted octanol–water partition coefficient (Wildman–Crippen LogP) is 1.24. The van der Waals surface area contributed by atoms with Gasteiger partial charge in [0.25, 0.3) is 10.0 Å². The Bertz CT molecular complexity index is 1060. The summed E-state index contributed by atoms with van der Waals surface area (Å²) in [7, 11) is -7.65. The largest absolute Gasteiger partial charge is 0.399 e. The van der Waals surface area contributed by atoms with E-state index >= 15 is 0 Å².